The predicted molar refractivity (Wildman–Crippen MR) is 95.8 cm³/mol. The molecule has 1 aromatic carbocycles. The van der Waals surface area contributed by atoms with Crippen molar-refractivity contribution in [2.24, 2.45) is 0 Å². The molecule has 1 aliphatic rings. The first-order valence-corrected chi connectivity index (χ1v) is 8.56. The number of para-hydroxylation sites is 1. The quantitative estimate of drug-likeness (QED) is 0.796. The summed E-state index contributed by atoms with van der Waals surface area (Å²) in [7, 11) is 3.04. The van der Waals surface area contributed by atoms with Crippen LogP contribution in [0.15, 0.2) is 30.6 Å². The molecule has 2 aromatic rings. The standard InChI is InChI=1S/C19H20N4O4/c1-25-16-7-3-6-14(17(16)26-2)19(24)23-10-4-5-13(12-23)27-18-15(11-20)21-8-9-22-18/h3,6-9,13H,4-5,10,12H2,1-2H3/t13-/m1/s1. The number of nitriles is 1. The highest BCUT2D eigenvalue weighted by atomic mass is 16.5. The van der Waals surface area contributed by atoms with E-state index in [0.717, 1.165) is 12.8 Å². The Bertz CT molecular complexity index is 865. The van der Waals surface area contributed by atoms with E-state index < -0.39 is 0 Å². The molecule has 8 nitrogen and oxygen atoms in total. The number of likely N-dealkylation sites (tertiary alicyclic amines) is 1. The summed E-state index contributed by atoms with van der Waals surface area (Å²) in [6.45, 7) is 1.01. The lowest BCUT2D eigenvalue weighted by molar-refractivity contribution is 0.0523. The van der Waals surface area contributed by atoms with Gasteiger partial charge >= 0.3 is 0 Å². The maximum Gasteiger partial charge on any atom is 0.257 e. The van der Waals surface area contributed by atoms with E-state index in [9.17, 15) is 4.79 Å². The smallest absolute Gasteiger partial charge is 0.257 e. The number of methoxy groups -OCH3 is 2. The van der Waals surface area contributed by atoms with Gasteiger partial charge in [-0.25, -0.2) is 9.97 Å². The largest absolute Gasteiger partial charge is 0.493 e. The van der Waals surface area contributed by atoms with E-state index in [2.05, 4.69) is 9.97 Å². The molecule has 27 heavy (non-hydrogen) atoms. The van der Waals surface area contributed by atoms with E-state index in [0.29, 0.717) is 30.2 Å². The van der Waals surface area contributed by atoms with Crippen molar-refractivity contribution in [3.8, 4) is 23.4 Å². The van der Waals surface area contributed by atoms with Gasteiger partial charge in [-0.3, -0.25) is 4.79 Å². The Balaban J connectivity index is 1.77. The molecule has 0 aliphatic carbocycles. The van der Waals surface area contributed by atoms with Gasteiger partial charge in [0, 0.05) is 18.9 Å². The van der Waals surface area contributed by atoms with Gasteiger partial charge in [-0.15, -0.1) is 0 Å². The number of ether oxygens (including phenoxy) is 3. The van der Waals surface area contributed by atoms with Gasteiger partial charge in [-0.05, 0) is 25.0 Å². The fourth-order valence-electron chi connectivity index (χ4n) is 3.09. The molecular weight excluding hydrogens is 348 g/mol. The molecule has 0 spiro atoms. The van der Waals surface area contributed by atoms with Gasteiger partial charge in [0.25, 0.3) is 11.8 Å². The maximum absolute atomic E-state index is 13.0. The SMILES string of the molecule is COc1cccc(C(=O)N2CCC[C@@H](Oc3nccnc3C#N)C2)c1OC. The highest BCUT2D eigenvalue weighted by molar-refractivity contribution is 5.98. The molecule has 1 saturated heterocycles. The highest BCUT2D eigenvalue weighted by Crippen LogP contribution is 2.32. The zero-order valence-corrected chi connectivity index (χ0v) is 15.2. The Labute approximate surface area is 157 Å². The van der Waals surface area contributed by atoms with Crippen molar-refractivity contribution in [1.82, 2.24) is 14.9 Å². The molecule has 3 rings (SSSR count). The Morgan fingerprint density at radius 1 is 1.26 bits per heavy atom. The number of amides is 1. The van der Waals surface area contributed by atoms with Crippen molar-refractivity contribution in [3.63, 3.8) is 0 Å². The predicted octanol–water partition coefficient (Wildman–Crippen LogP) is 2.05. The number of carbonyl (C=O) groups is 1. The summed E-state index contributed by atoms with van der Waals surface area (Å²) < 4.78 is 16.5. The monoisotopic (exact) mass is 368 g/mol. The van der Waals surface area contributed by atoms with Crippen LogP contribution in [0.3, 0.4) is 0 Å². The summed E-state index contributed by atoms with van der Waals surface area (Å²) in [4.78, 5) is 22.8. The van der Waals surface area contributed by atoms with Gasteiger partial charge in [0.05, 0.1) is 26.3 Å². The van der Waals surface area contributed by atoms with Crippen LogP contribution >= 0.6 is 0 Å². The summed E-state index contributed by atoms with van der Waals surface area (Å²) in [6, 6.07) is 7.18. The van der Waals surface area contributed by atoms with Crippen molar-refractivity contribution >= 4 is 5.91 Å². The first-order chi connectivity index (χ1) is 13.2. The summed E-state index contributed by atoms with van der Waals surface area (Å²) in [5.41, 5.74) is 0.574. The minimum atomic E-state index is -0.261. The summed E-state index contributed by atoms with van der Waals surface area (Å²) in [5.74, 6) is 0.956. The second-order valence-corrected chi connectivity index (χ2v) is 6.00. The van der Waals surface area contributed by atoms with Crippen LogP contribution in [0.5, 0.6) is 17.4 Å². The molecule has 1 atom stereocenters. The molecule has 0 bridgehead atoms. The molecule has 1 amide bonds. The van der Waals surface area contributed by atoms with Crippen LogP contribution in [-0.2, 0) is 0 Å². The second-order valence-electron chi connectivity index (χ2n) is 6.00. The number of hydrogen-bond donors (Lipinski definition) is 0. The summed E-state index contributed by atoms with van der Waals surface area (Å²) in [6.07, 6.45) is 4.20. The van der Waals surface area contributed by atoms with Crippen LogP contribution in [0.4, 0.5) is 0 Å². The maximum atomic E-state index is 13.0. The topological polar surface area (TPSA) is 97.6 Å². The first-order valence-electron chi connectivity index (χ1n) is 8.56. The first kappa shape index (κ1) is 18.5. The van der Waals surface area contributed by atoms with Crippen molar-refractivity contribution in [3.05, 3.63) is 41.9 Å². The molecule has 8 heteroatoms. The van der Waals surface area contributed by atoms with Gasteiger partial charge in [-0.2, -0.15) is 5.26 Å². The van der Waals surface area contributed by atoms with Gasteiger partial charge in [-0.1, -0.05) is 6.07 Å². The summed E-state index contributed by atoms with van der Waals surface area (Å²) >= 11 is 0. The third-order valence-electron chi connectivity index (χ3n) is 4.35. The zero-order chi connectivity index (χ0) is 19.2. The Hall–Kier alpha value is -3.34. The lowest BCUT2D eigenvalue weighted by Crippen LogP contribution is -2.44. The molecular formula is C19H20N4O4. The van der Waals surface area contributed by atoms with E-state index in [1.54, 1.807) is 23.1 Å². The molecule has 0 N–H and O–H groups in total. The Morgan fingerprint density at radius 3 is 2.81 bits per heavy atom. The average molecular weight is 368 g/mol. The third-order valence-corrected chi connectivity index (χ3v) is 4.35. The van der Waals surface area contributed by atoms with Crippen LogP contribution in [0, 0.1) is 11.3 Å². The Morgan fingerprint density at radius 2 is 2.07 bits per heavy atom. The molecule has 1 fully saturated rings. The molecule has 0 unspecified atom stereocenters. The van der Waals surface area contributed by atoms with E-state index in [1.807, 2.05) is 6.07 Å². The molecule has 0 radical (unpaired) electrons. The number of aromatic nitrogens is 2. The lowest BCUT2D eigenvalue weighted by atomic mass is 10.1. The second kappa shape index (κ2) is 8.36. The number of carbonyl (C=O) groups excluding carboxylic acids is 1. The number of benzene rings is 1. The molecule has 1 aromatic heterocycles. The number of nitrogens with zero attached hydrogens (tertiary/aromatic N) is 4. The van der Waals surface area contributed by atoms with Crippen LogP contribution in [0.1, 0.15) is 28.9 Å². The fourth-order valence-corrected chi connectivity index (χ4v) is 3.09. The third kappa shape index (κ3) is 3.92. The van der Waals surface area contributed by atoms with Gasteiger partial charge < -0.3 is 19.1 Å². The lowest BCUT2D eigenvalue weighted by Gasteiger charge is -2.33. The van der Waals surface area contributed by atoms with E-state index in [4.69, 9.17) is 19.5 Å². The van der Waals surface area contributed by atoms with Gasteiger partial charge in [0.2, 0.25) is 5.69 Å². The fraction of sp³-hybridized carbons (Fsp3) is 0.368. The van der Waals surface area contributed by atoms with Crippen LogP contribution in [-0.4, -0.2) is 54.2 Å². The van der Waals surface area contributed by atoms with Crippen molar-refractivity contribution in [2.75, 3.05) is 27.3 Å². The zero-order valence-electron chi connectivity index (χ0n) is 15.2. The number of hydrogen-bond acceptors (Lipinski definition) is 7. The van der Waals surface area contributed by atoms with Gasteiger partial charge in [0.1, 0.15) is 12.2 Å². The molecule has 2 heterocycles. The van der Waals surface area contributed by atoms with Crippen molar-refractivity contribution in [2.45, 2.75) is 18.9 Å². The average Bonchev–Trinajstić information content (AvgIpc) is 2.73. The normalized spacial score (nSPS) is 16.3. The molecule has 0 saturated carbocycles. The molecule has 1 aliphatic heterocycles. The molecule has 140 valence electrons. The van der Waals surface area contributed by atoms with Gasteiger partial charge in [0.15, 0.2) is 11.5 Å². The highest BCUT2D eigenvalue weighted by Gasteiger charge is 2.29. The van der Waals surface area contributed by atoms with E-state index in [1.165, 1.54) is 26.6 Å². The Kier molecular flexibility index (Phi) is 5.71. The van der Waals surface area contributed by atoms with Crippen LogP contribution < -0.4 is 14.2 Å². The minimum absolute atomic E-state index is 0.135. The minimum Gasteiger partial charge on any atom is -0.493 e. The van der Waals surface area contributed by atoms with Crippen LogP contribution in [0.25, 0.3) is 0 Å². The van der Waals surface area contributed by atoms with E-state index in [-0.39, 0.29) is 23.6 Å². The number of rotatable bonds is 5. The van der Waals surface area contributed by atoms with Crippen molar-refractivity contribution in [1.29, 1.82) is 5.26 Å². The van der Waals surface area contributed by atoms with Crippen molar-refractivity contribution < 1.29 is 19.0 Å². The van der Waals surface area contributed by atoms with E-state index >= 15 is 0 Å². The van der Waals surface area contributed by atoms with Crippen LogP contribution in [0.2, 0.25) is 0 Å². The number of piperidine rings is 1. The summed E-state index contributed by atoms with van der Waals surface area (Å²) in [5, 5.41) is 9.12.